The predicted molar refractivity (Wildman–Crippen MR) is 86.8 cm³/mol. The summed E-state index contributed by atoms with van der Waals surface area (Å²) in [5.74, 6) is 0.622. The van der Waals surface area contributed by atoms with Crippen LogP contribution in [0.4, 0.5) is 11.4 Å². The zero-order valence-corrected chi connectivity index (χ0v) is 12.9. The summed E-state index contributed by atoms with van der Waals surface area (Å²) in [6.07, 6.45) is 0. The van der Waals surface area contributed by atoms with Crippen LogP contribution in [-0.4, -0.2) is 6.54 Å². The number of para-hydroxylation sites is 2. The van der Waals surface area contributed by atoms with Crippen LogP contribution in [0.25, 0.3) is 0 Å². The minimum Gasteiger partial charge on any atom is -0.341 e. The second kappa shape index (κ2) is 4.66. The maximum absolute atomic E-state index is 2.49. The molecule has 0 unspecified atom stereocenters. The Labute approximate surface area is 122 Å². The van der Waals surface area contributed by atoms with Crippen molar-refractivity contribution in [1.82, 2.24) is 0 Å². The molecule has 1 aliphatic rings. The topological polar surface area (TPSA) is 3.24 Å². The van der Waals surface area contributed by atoms with Crippen molar-refractivity contribution in [2.24, 2.45) is 5.92 Å². The van der Waals surface area contributed by atoms with Gasteiger partial charge >= 0.3 is 0 Å². The standard InChI is InChI=1S/C19H23N/c1-14-9-5-7-11-17(14)20-13-15(2)19(3,4)16-10-6-8-12-18(16)20/h5-12,15H,13H2,1-4H3/t15-/m0/s1. The van der Waals surface area contributed by atoms with Gasteiger partial charge in [-0.05, 0) is 41.5 Å². The third-order valence-corrected chi connectivity index (χ3v) is 4.98. The number of aryl methyl sites for hydroxylation is 1. The van der Waals surface area contributed by atoms with Gasteiger partial charge in [-0.1, -0.05) is 57.2 Å². The Morgan fingerprint density at radius 3 is 2.25 bits per heavy atom. The maximum atomic E-state index is 2.49. The largest absolute Gasteiger partial charge is 0.341 e. The van der Waals surface area contributed by atoms with Crippen molar-refractivity contribution in [3.05, 3.63) is 59.7 Å². The second-order valence-corrected chi connectivity index (χ2v) is 6.54. The average molecular weight is 265 g/mol. The zero-order valence-electron chi connectivity index (χ0n) is 12.9. The summed E-state index contributed by atoms with van der Waals surface area (Å²) in [6, 6.07) is 17.5. The maximum Gasteiger partial charge on any atom is 0.0449 e. The van der Waals surface area contributed by atoms with Crippen molar-refractivity contribution in [2.45, 2.75) is 33.1 Å². The molecular weight excluding hydrogens is 242 g/mol. The highest BCUT2D eigenvalue weighted by Crippen LogP contribution is 2.45. The number of hydrogen-bond donors (Lipinski definition) is 0. The molecule has 1 heteroatoms. The van der Waals surface area contributed by atoms with Crippen LogP contribution in [0, 0.1) is 12.8 Å². The van der Waals surface area contributed by atoms with Gasteiger partial charge in [-0.25, -0.2) is 0 Å². The van der Waals surface area contributed by atoms with E-state index in [1.807, 2.05) is 0 Å². The molecule has 1 nitrogen and oxygen atoms in total. The van der Waals surface area contributed by atoms with E-state index in [4.69, 9.17) is 0 Å². The minimum atomic E-state index is 0.232. The highest BCUT2D eigenvalue weighted by Gasteiger charge is 2.37. The molecule has 2 aromatic rings. The van der Waals surface area contributed by atoms with Crippen molar-refractivity contribution in [2.75, 3.05) is 11.4 Å². The Bertz CT molecular complexity index is 627. The SMILES string of the molecule is Cc1ccccc1N1C[C@H](C)C(C)(C)c2ccccc21. The first-order chi connectivity index (χ1) is 9.51. The molecule has 1 aliphatic heterocycles. The Hall–Kier alpha value is -1.76. The molecule has 104 valence electrons. The summed E-state index contributed by atoms with van der Waals surface area (Å²) in [4.78, 5) is 2.49. The van der Waals surface area contributed by atoms with E-state index in [1.54, 1.807) is 0 Å². The second-order valence-electron chi connectivity index (χ2n) is 6.54. The Kier molecular flexibility index (Phi) is 3.08. The molecule has 0 saturated carbocycles. The lowest BCUT2D eigenvalue weighted by atomic mass is 9.70. The number of fused-ring (bicyclic) bond motifs is 1. The number of nitrogens with zero attached hydrogens (tertiary/aromatic N) is 1. The first-order valence-corrected chi connectivity index (χ1v) is 7.44. The van der Waals surface area contributed by atoms with E-state index in [1.165, 1.54) is 22.5 Å². The molecule has 0 aliphatic carbocycles. The van der Waals surface area contributed by atoms with Gasteiger partial charge < -0.3 is 4.90 Å². The van der Waals surface area contributed by atoms with Crippen LogP contribution in [-0.2, 0) is 5.41 Å². The quantitative estimate of drug-likeness (QED) is 0.696. The number of rotatable bonds is 1. The van der Waals surface area contributed by atoms with Crippen LogP contribution < -0.4 is 4.90 Å². The van der Waals surface area contributed by atoms with Crippen LogP contribution >= 0.6 is 0 Å². The Balaban J connectivity index is 2.18. The number of benzene rings is 2. The van der Waals surface area contributed by atoms with Crippen molar-refractivity contribution < 1.29 is 0 Å². The molecule has 0 spiro atoms. The van der Waals surface area contributed by atoms with Gasteiger partial charge in [0.1, 0.15) is 0 Å². The van der Waals surface area contributed by atoms with Crippen molar-refractivity contribution >= 4 is 11.4 Å². The lowest BCUT2D eigenvalue weighted by molar-refractivity contribution is 0.336. The number of hydrogen-bond acceptors (Lipinski definition) is 1. The van der Waals surface area contributed by atoms with Gasteiger partial charge in [0.15, 0.2) is 0 Å². The first kappa shape index (κ1) is 13.2. The van der Waals surface area contributed by atoms with Gasteiger partial charge in [0.05, 0.1) is 0 Å². The summed E-state index contributed by atoms with van der Waals surface area (Å²) in [5, 5.41) is 0. The van der Waals surface area contributed by atoms with Crippen LogP contribution in [0.2, 0.25) is 0 Å². The molecule has 0 N–H and O–H groups in total. The lowest BCUT2D eigenvalue weighted by Gasteiger charge is -2.45. The fraction of sp³-hybridized carbons (Fsp3) is 0.368. The van der Waals surface area contributed by atoms with Gasteiger partial charge in [0.25, 0.3) is 0 Å². The fourth-order valence-electron chi connectivity index (χ4n) is 3.21. The van der Waals surface area contributed by atoms with Gasteiger partial charge in [-0.15, -0.1) is 0 Å². The highest BCUT2D eigenvalue weighted by atomic mass is 15.2. The Morgan fingerprint density at radius 2 is 1.55 bits per heavy atom. The van der Waals surface area contributed by atoms with E-state index in [2.05, 4.69) is 81.1 Å². The summed E-state index contributed by atoms with van der Waals surface area (Å²) in [5.41, 5.74) is 5.74. The summed E-state index contributed by atoms with van der Waals surface area (Å²) in [7, 11) is 0. The van der Waals surface area contributed by atoms with Gasteiger partial charge in [-0.2, -0.15) is 0 Å². The van der Waals surface area contributed by atoms with Crippen molar-refractivity contribution in [3.63, 3.8) is 0 Å². The molecule has 0 amide bonds. The average Bonchev–Trinajstić information content (AvgIpc) is 2.44. The molecule has 0 saturated heterocycles. The lowest BCUT2D eigenvalue weighted by Crippen LogP contribution is -2.41. The zero-order chi connectivity index (χ0) is 14.3. The molecule has 0 aromatic heterocycles. The monoisotopic (exact) mass is 265 g/mol. The third kappa shape index (κ3) is 1.93. The normalized spacial score (nSPS) is 20.6. The molecule has 1 atom stereocenters. The third-order valence-electron chi connectivity index (χ3n) is 4.98. The van der Waals surface area contributed by atoms with E-state index in [9.17, 15) is 0 Å². The van der Waals surface area contributed by atoms with E-state index in [0.717, 1.165) is 6.54 Å². The Morgan fingerprint density at radius 1 is 0.950 bits per heavy atom. The molecular formula is C19H23N. The molecule has 0 bridgehead atoms. The highest BCUT2D eigenvalue weighted by molar-refractivity contribution is 5.71. The molecule has 3 rings (SSSR count). The molecule has 0 fully saturated rings. The van der Waals surface area contributed by atoms with Crippen LogP contribution in [0.3, 0.4) is 0 Å². The van der Waals surface area contributed by atoms with Crippen molar-refractivity contribution in [1.29, 1.82) is 0 Å². The van der Waals surface area contributed by atoms with Crippen LogP contribution in [0.5, 0.6) is 0 Å². The molecule has 2 aromatic carbocycles. The van der Waals surface area contributed by atoms with Crippen molar-refractivity contribution in [3.8, 4) is 0 Å². The van der Waals surface area contributed by atoms with Gasteiger partial charge in [0, 0.05) is 17.9 Å². The van der Waals surface area contributed by atoms with E-state index >= 15 is 0 Å². The first-order valence-electron chi connectivity index (χ1n) is 7.44. The molecule has 1 heterocycles. The predicted octanol–water partition coefficient (Wildman–Crippen LogP) is 5.06. The molecule has 20 heavy (non-hydrogen) atoms. The minimum absolute atomic E-state index is 0.232. The van der Waals surface area contributed by atoms with E-state index in [0.29, 0.717) is 5.92 Å². The van der Waals surface area contributed by atoms with Crippen LogP contribution in [0.15, 0.2) is 48.5 Å². The summed E-state index contributed by atoms with van der Waals surface area (Å²) in [6.45, 7) is 10.4. The summed E-state index contributed by atoms with van der Waals surface area (Å²) >= 11 is 0. The van der Waals surface area contributed by atoms with Gasteiger partial charge in [-0.3, -0.25) is 0 Å². The summed E-state index contributed by atoms with van der Waals surface area (Å²) < 4.78 is 0. The van der Waals surface area contributed by atoms with E-state index < -0.39 is 0 Å². The van der Waals surface area contributed by atoms with E-state index in [-0.39, 0.29) is 5.41 Å². The smallest absolute Gasteiger partial charge is 0.0449 e. The fourth-order valence-corrected chi connectivity index (χ4v) is 3.21. The van der Waals surface area contributed by atoms with Crippen LogP contribution in [0.1, 0.15) is 31.9 Å². The number of anilines is 2. The molecule has 0 radical (unpaired) electrons. The van der Waals surface area contributed by atoms with Gasteiger partial charge in [0.2, 0.25) is 0 Å².